The topological polar surface area (TPSA) is 80.3 Å². The van der Waals surface area contributed by atoms with Gasteiger partial charge in [0.1, 0.15) is 23.7 Å². The third kappa shape index (κ3) is 5.50. The lowest BCUT2D eigenvalue weighted by Crippen LogP contribution is -2.42. The molecule has 8 heteroatoms. The fraction of sp³-hybridized carbons (Fsp3) is 0.417. The van der Waals surface area contributed by atoms with E-state index in [9.17, 15) is 9.59 Å². The standard InChI is InChI=1S/C24H29N3O5/c1-17(28)25-18-3-7-21(8-4-18)31-22-11-13-26(14-12-22)15-23-16-27(24(29)32-23)19-5-9-20(30-2)10-6-19/h3-10,22-23H,11-16H2,1-2H3,(H,25,28). The molecule has 0 spiro atoms. The number of hydrogen-bond donors (Lipinski definition) is 1. The van der Waals surface area contributed by atoms with E-state index in [2.05, 4.69) is 10.2 Å². The van der Waals surface area contributed by atoms with Crippen molar-refractivity contribution >= 4 is 23.4 Å². The maximum atomic E-state index is 12.3. The summed E-state index contributed by atoms with van der Waals surface area (Å²) in [7, 11) is 1.62. The van der Waals surface area contributed by atoms with Gasteiger partial charge >= 0.3 is 6.09 Å². The molecule has 2 amide bonds. The largest absolute Gasteiger partial charge is 0.497 e. The minimum atomic E-state index is -0.305. The van der Waals surface area contributed by atoms with Gasteiger partial charge in [-0.05, 0) is 61.4 Å². The molecule has 8 nitrogen and oxygen atoms in total. The molecule has 0 radical (unpaired) electrons. The van der Waals surface area contributed by atoms with Gasteiger partial charge in [-0.2, -0.15) is 0 Å². The first-order valence-electron chi connectivity index (χ1n) is 10.9. The highest BCUT2D eigenvalue weighted by atomic mass is 16.6. The van der Waals surface area contributed by atoms with E-state index in [1.54, 1.807) is 12.0 Å². The quantitative estimate of drug-likeness (QED) is 0.711. The van der Waals surface area contributed by atoms with E-state index < -0.39 is 0 Å². The number of carbonyl (C=O) groups excluding carboxylic acids is 2. The molecule has 0 aromatic heterocycles. The maximum absolute atomic E-state index is 12.3. The molecule has 2 fully saturated rings. The molecule has 2 aromatic rings. The Bertz CT molecular complexity index is 924. The molecule has 4 rings (SSSR count). The minimum Gasteiger partial charge on any atom is -0.497 e. The molecular formula is C24H29N3O5. The Balaban J connectivity index is 1.22. The van der Waals surface area contributed by atoms with Gasteiger partial charge in [0, 0.05) is 37.9 Å². The van der Waals surface area contributed by atoms with Crippen LogP contribution >= 0.6 is 0 Å². The second-order valence-corrected chi connectivity index (χ2v) is 8.14. The molecule has 0 aliphatic carbocycles. The van der Waals surface area contributed by atoms with Crippen LogP contribution in [0.2, 0.25) is 0 Å². The van der Waals surface area contributed by atoms with Crippen molar-refractivity contribution < 1.29 is 23.8 Å². The van der Waals surface area contributed by atoms with Crippen LogP contribution in [0.25, 0.3) is 0 Å². The highest BCUT2D eigenvalue weighted by Gasteiger charge is 2.34. The van der Waals surface area contributed by atoms with E-state index in [4.69, 9.17) is 14.2 Å². The molecular weight excluding hydrogens is 410 g/mol. The fourth-order valence-corrected chi connectivity index (χ4v) is 4.10. The number of nitrogens with zero attached hydrogens (tertiary/aromatic N) is 2. The second kappa shape index (κ2) is 9.91. The van der Waals surface area contributed by atoms with Gasteiger partial charge in [0.15, 0.2) is 0 Å². The Morgan fingerprint density at radius 2 is 1.72 bits per heavy atom. The first-order chi connectivity index (χ1) is 15.5. The molecule has 0 saturated carbocycles. The number of rotatable bonds is 7. The Morgan fingerprint density at radius 1 is 1.06 bits per heavy atom. The van der Waals surface area contributed by atoms with Crippen molar-refractivity contribution in [1.29, 1.82) is 0 Å². The smallest absolute Gasteiger partial charge is 0.414 e. The SMILES string of the molecule is COc1ccc(N2CC(CN3CCC(Oc4ccc(NC(C)=O)cc4)CC3)OC2=O)cc1. The number of hydrogen-bond acceptors (Lipinski definition) is 6. The summed E-state index contributed by atoms with van der Waals surface area (Å²) < 4.78 is 16.9. The predicted molar refractivity (Wildman–Crippen MR) is 121 cm³/mol. The van der Waals surface area contributed by atoms with E-state index >= 15 is 0 Å². The van der Waals surface area contributed by atoms with Gasteiger partial charge in [0.05, 0.1) is 13.7 Å². The summed E-state index contributed by atoms with van der Waals surface area (Å²) in [6.45, 7) is 4.54. The van der Waals surface area contributed by atoms with Gasteiger partial charge in [-0.1, -0.05) is 0 Å². The normalized spacial score (nSPS) is 19.5. The Morgan fingerprint density at radius 3 is 2.34 bits per heavy atom. The average molecular weight is 440 g/mol. The summed E-state index contributed by atoms with van der Waals surface area (Å²) in [6, 6.07) is 14.9. The van der Waals surface area contributed by atoms with Gasteiger partial charge in [0.2, 0.25) is 5.91 Å². The summed E-state index contributed by atoms with van der Waals surface area (Å²) in [5.41, 5.74) is 1.57. The van der Waals surface area contributed by atoms with E-state index in [1.165, 1.54) is 6.92 Å². The van der Waals surface area contributed by atoms with Crippen LogP contribution in [0.15, 0.2) is 48.5 Å². The molecule has 2 aliphatic rings. The molecule has 32 heavy (non-hydrogen) atoms. The molecule has 1 unspecified atom stereocenters. The summed E-state index contributed by atoms with van der Waals surface area (Å²) >= 11 is 0. The van der Waals surface area contributed by atoms with Crippen LogP contribution < -0.4 is 19.7 Å². The fourth-order valence-electron chi connectivity index (χ4n) is 4.10. The van der Waals surface area contributed by atoms with Crippen LogP contribution in [0.1, 0.15) is 19.8 Å². The Labute approximate surface area is 188 Å². The summed E-state index contributed by atoms with van der Waals surface area (Å²) in [5.74, 6) is 1.47. The van der Waals surface area contributed by atoms with Crippen LogP contribution in [0.3, 0.4) is 0 Å². The molecule has 2 aliphatic heterocycles. The lowest BCUT2D eigenvalue weighted by atomic mass is 10.1. The van der Waals surface area contributed by atoms with Crippen LogP contribution in [-0.4, -0.2) is 62.4 Å². The van der Waals surface area contributed by atoms with Gasteiger partial charge in [-0.3, -0.25) is 14.6 Å². The van der Waals surface area contributed by atoms with E-state index in [0.29, 0.717) is 6.54 Å². The number of cyclic esters (lactones) is 1. The number of methoxy groups -OCH3 is 1. The van der Waals surface area contributed by atoms with E-state index in [0.717, 1.165) is 55.3 Å². The van der Waals surface area contributed by atoms with Crippen LogP contribution in [-0.2, 0) is 9.53 Å². The molecule has 2 heterocycles. The Kier molecular flexibility index (Phi) is 6.80. The number of likely N-dealkylation sites (tertiary alicyclic amines) is 1. The number of piperidine rings is 1. The first kappa shape index (κ1) is 22.0. The van der Waals surface area contributed by atoms with Gasteiger partial charge in [-0.25, -0.2) is 4.79 Å². The number of amides is 2. The zero-order valence-electron chi connectivity index (χ0n) is 18.5. The van der Waals surface area contributed by atoms with Crippen LogP contribution in [0, 0.1) is 0 Å². The molecule has 2 saturated heterocycles. The lowest BCUT2D eigenvalue weighted by Gasteiger charge is -2.33. The molecule has 1 N–H and O–H groups in total. The van der Waals surface area contributed by atoms with Crippen molar-refractivity contribution in [2.24, 2.45) is 0 Å². The highest BCUT2D eigenvalue weighted by molar-refractivity contribution is 5.90. The molecule has 2 aromatic carbocycles. The second-order valence-electron chi connectivity index (χ2n) is 8.14. The highest BCUT2D eigenvalue weighted by Crippen LogP contribution is 2.26. The summed E-state index contributed by atoms with van der Waals surface area (Å²) in [4.78, 5) is 27.4. The van der Waals surface area contributed by atoms with Gasteiger partial charge < -0.3 is 19.5 Å². The van der Waals surface area contributed by atoms with Crippen molar-refractivity contribution in [3.63, 3.8) is 0 Å². The molecule has 0 bridgehead atoms. The number of benzene rings is 2. The lowest BCUT2D eigenvalue weighted by molar-refractivity contribution is -0.114. The minimum absolute atomic E-state index is 0.0916. The molecule has 170 valence electrons. The Hall–Kier alpha value is -3.26. The summed E-state index contributed by atoms with van der Waals surface area (Å²) in [6.07, 6.45) is 1.52. The average Bonchev–Trinajstić information content (AvgIpc) is 3.16. The maximum Gasteiger partial charge on any atom is 0.414 e. The van der Waals surface area contributed by atoms with Crippen LogP contribution in [0.4, 0.5) is 16.2 Å². The zero-order valence-corrected chi connectivity index (χ0v) is 18.5. The van der Waals surface area contributed by atoms with E-state index in [-0.39, 0.29) is 24.2 Å². The first-order valence-corrected chi connectivity index (χ1v) is 10.9. The number of ether oxygens (including phenoxy) is 3. The third-order valence-electron chi connectivity index (χ3n) is 5.73. The monoisotopic (exact) mass is 439 g/mol. The van der Waals surface area contributed by atoms with Crippen molar-refractivity contribution in [3.05, 3.63) is 48.5 Å². The van der Waals surface area contributed by atoms with Gasteiger partial charge in [-0.15, -0.1) is 0 Å². The molecule has 1 atom stereocenters. The van der Waals surface area contributed by atoms with Crippen molar-refractivity contribution in [2.45, 2.75) is 32.0 Å². The van der Waals surface area contributed by atoms with Crippen LogP contribution in [0.5, 0.6) is 11.5 Å². The third-order valence-corrected chi connectivity index (χ3v) is 5.73. The summed E-state index contributed by atoms with van der Waals surface area (Å²) in [5, 5.41) is 2.75. The number of anilines is 2. The van der Waals surface area contributed by atoms with Crippen molar-refractivity contribution in [1.82, 2.24) is 4.90 Å². The number of carbonyl (C=O) groups is 2. The predicted octanol–water partition coefficient (Wildman–Crippen LogP) is 3.52. The van der Waals surface area contributed by atoms with Crippen molar-refractivity contribution in [3.8, 4) is 11.5 Å². The van der Waals surface area contributed by atoms with Crippen molar-refractivity contribution in [2.75, 3.05) is 43.5 Å². The van der Waals surface area contributed by atoms with Gasteiger partial charge in [0.25, 0.3) is 0 Å². The number of nitrogens with one attached hydrogen (secondary N) is 1. The van der Waals surface area contributed by atoms with E-state index in [1.807, 2.05) is 48.5 Å². The zero-order chi connectivity index (χ0) is 22.5.